The molecule has 1 atom stereocenters. The summed E-state index contributed by atoms with van der Waals surface area (Å²) in [5, 5.41) is 5.53. The second-order valence-electron chi connectivity index (χ2n) is 3.40. The summed E-state index contributed by atoms with van der Waals surface area (Å²) in [7, 11) is 2.92. The molecule has 0 saturated heterocycles. The number of ether oxygens (including phenoxy) is 2. The van der Waals surface area contributed by atoms with Crippen molar-refractivity contribution in [2.45, 2.75) is 6.92 Å². The standard InChI is InChI=1S/C10H20N2O4/c1-8(10(14)16-3)6-12-9(13)7-11-4-5-15-2/h8,11H,4-7H2,1-3H3,(H,12,13). The second-order valence-corrected chi connectivity index (χ2v) is 3.40. The van der Waals surface area contributed by atoms with E-state index in [1.54, 1.807) is 14.0 Å². The molecule has 0 fully saturated rings. The van der Waals surface area contributed by atoms with Crippen LogP contribution >= 0.6 is 0 Å². The Morgan fingerprint density at radius 2 is 2.00 bits per heavy atom. The minimum atomic E-state index is -0.326. The van der Waals surface area contributed by atoms with Crippen LogP contribution in [0, 0.1) is 5.92 Å². The smallest absolute Gasteiger partial charge is 0.310 e. The van der Waals surface area contributed by atoms with E-state index in [0.717, 1.165) is 0 Å². The minimum absolute atomic E-state index is 0.146. The zero-order valence-electron chi connectivity index (χ0n) is 10.0. The molecular weight excluding hydrogens is 212 g/mol. The first-order valence-corrected chi connectivity index (χ1v) is 5.16. The summed E-state index contributed by atoms with van der Waals surface area (Å²) in [4.78, 5) is 22.3. The first kappa shape index (κ1) is 14.9. The second kappa shape index (κ2) is 9.11. The van der Waals surface area contributed by atoms with Gasteiger partial charge in [-0.2, -0.15) is 0 Å². The first-order valence-electron chi connectivity index (χ1n) is 5.16. The lowest BCUT2D eigenvalue weighted by molar-refractivity contribution is -0.144. The van der Waals surface area contributed by atoms with Gasteiger partial charge < -0.3 is 20.1 Å². The molecule has 0 aromatic rings. The molecule has 0 heterocycles. The maximum absolute atomic E-state index is 11.3. The normalized spacial score (nSPS) is 11.9. The Morgan fingerprint density at radius 1 is 1.31 bits per heavy atom. The van der Waals surface area contributed by atoms with Crippen molar-refractivity contribution >= 4 is 11.9 Å². The third-order valence-corrected chi connectivity index (χ3v) is 1.98. The molecule has 2 N–H and O–H groups in total. The van der Waals surface area contributed by atoms with E-state index in [1.807, 2.05) is 0 Å². The maximum Gasteiger partial charge on any atom is 0.310 e. The van der Waals surface area contributed by atoms with Crippen molar-refractivity contribution in [3.63, 3.8) is 0 Å². The zero-order chi connectivity index (χ0) is 12.4. The fourth-order valence-electron chi connectivity index (χ4n) is 0.990. The van der Waals surface area contributed by atoms with Crippen molar-refractivity contribution < 1.29 is 19.1 Å². The van der Waals surface area contributed by atoms with Gasteiger partial charge in [-0.15, -0.1) is 0 Å². The van der Waals surface area contributed by atoms with E-state index in [-0.39, 0.29) is 30.9 Å². The third-order valence-electron chi connectivity index (χ3n) is 1.98. The Morgan fingerprint density at radius 3 is 2.56 bits per heavy atom. The van der Waals surface area contributed by atoms with Crippen LogP contribution in [-0.4, -0.2) is 52.3 Å². The van der Waals surface area contributed by atoms with E-state index in [2.05, 4.69) is 15.4 Å². The highest BCUT2D eigenvalue weighted by Gasteiger charge is 2.13. The summed E-state index contributed by atoms with van der Waals surface area (Å²) in [6.07, 6.45) is 0. The van der Waals surface area contributed by atoms with Crippen LogP contribution in [0.15, 0.2) is 0 Å². The van der Waals surface area contributed by atoms with Crippen molar-refractivity contribution in [2.75, 3.05) is 40.5 Å². The molecule has 0 saturated carbocycles. The van der Waals surface area contributed by atoms with Gasteiger partial charge in [-0.3, -0.25) is 9.59 Å². The van der Waals surface area contributed by atoms with Crippen LogP contribution in [-0.2, 0) is 19.1 Å². The summed E-state index contributed by atoms with van der Waals surface area (Å²) >= 11 is 0. The molecule has 6 heteroatoms. The largest absolute Gasteiger partial charge is 0.469 e. The molecular formula is C10H20N2O4. The Kier molecular flexibility index (Phi) is 8.46. The monoisotopic (exact) mass is 232 g/mol. The van der Waals surface area contributed by atoms with Gasteiger partial charge in [-0.1, -0.05) is 6.92 Å². The molecule has 16 heavy (non-hydrogen) atoms. The van der Waals surface area contributed by atoms with E-state index < -0.39 is 0 Å². The highest BCUT2D eigenvalue weighted by Crippen LogP contribution is 1.94. The van der Waals surface area contributed by atoms with Crippen LogP contribution in [0.1, 0.15) is 6.92 Å². The zero-order valence-corrected chi connectivity index (χ0v) is 10.0. The Balaban J connectivity index is 3.53. The van der Waals surface area contributed by atoms with Crippen molar-refractivity contribution in [3.05, 3.63) is 0 Å². The summed E-state index contributed by atoms with van der Waals surface area (Å²) in [5.74, 6) is -0.799. The maximum atomic E-state index is 11.3. The average Bonchev–Trinajstić information content (AvgIpc) is 2.30. The highest BCUT2D eigenvalue weighted by atomic mass is 16.5. The van der Waals surface area contributed by atoms with Gasteiger partial charge in [0.15, 0.2) is 0 Å². The molecule has 0 bridgehead atoms. The van der Waals surface area contributed by atoms with Gasteiger partial charge >= 0.3 is 5.97 Å². The van der Waals surface area contributed by atoms with E-state index in [1.165, 1.54) is 7.11 Å². The van der Waals surface area contributed by atoms with Crippen LogP contribution in [0.2, 0.25) is 0 Å². The van der Waals surface area contributed by atoms with E-state index in [0.29, 0.717) is 13.2 Å². The fourth-order valence-corrected chi connectivity index (χ4v) is 0.990. The fraction of sp³-hybridized carbons (Fsp3) is 0.800. The van der Waals surface area contributed by atoms with Gasteiger partial charge in [0.05, 0.1) is 26.2 Å². The number of rotatable bonds is 8. The summed E-state index contributed by atoms with van der Waals surface area (Å²) in [5.41, 5.74) is 0. The first-order chi connectivity index (χ1) is 7.61. The topological polar surface area (TPSA) is 76.7 Å². The number of esters is 1. The van der Waals surface area contributed by atoms with Crippen molar-refractivity contribution in [1.29, 1.82) is 0 Å². The molecule has 0 spiro atoms. The molecule has 0 aliphatic heterocycles. The number of hydrogen-bond acceptors (Lipinski definition) is 5. The van der Waals surface area contributed by atoms with Crippen LogP contribution in [0.25, 0.3) is 0 Å². The van der Waals surface area contributed by atoms with Gasteiger partial charge in [0.2, 0.25) is 5.91 Å². The molecule has 6 nitrogen and oxygen atoms in total. The number of methoxy groups -OCH3 is 2. The summed E-state index contributed by atoms with van der Waals surface area (Å²) in [6, 6.07) is 0. The van der Waals surface area contributed by atoms with Crippen molar-refractivity contribution in [2.24, 2.45) is 5.92 Å². The highest BCUT2D eigenvalue weighted by molar-refractivity contribution is 5.79. The predicted octanol–water partition coefficient (Wildman–Crippen LogP) is -0.852. The predicted molar refractivity (Wildman–Crippen MR) is 58.9 cm³/mol. The Hall–Kier alpha value is -1.14. The lowest BCUT2D eigenvalue weighted by Gasteiger charge is -2.10. The Labute approximate surface area is 95.7 Å². The summed E-state index contributed by atoms with van der Waals surface area (Å²) < 4.78 is 9.35. The SMILES string of the molecule is COCCNCC(=O)NCC(C)C(=O)OC. The molecule has 1 amide bonds. The van der Waals surface area contributed by atoms with E-state index in [4.69, 9.17) is 4.74 Å². The molecule has 1 unspecified atom stereocenters. The number of nitrogens with one attached hydrogen (secondary N) is 2. The molecule has 94 valence electrons. The van der Waals surface area contributed by atoms with Crippen LogP contribution in [0.5, 0.6) is 0 Å². The van der Waals surface area contributed by atoms with Gasteiger partial charge in [-0.25, -0.2) is 0 Å². The summed E-state index contributed by atoms with van der Waals surface area (Å²) in [6.45, 7) is 3.39. The molecule has 0 aliphatic rings. The molecule has 0 aromatic heterocycles. The molecule has 0 aliphatic carbocycles. The number of carbonyl (C=O) groups excluding carboxylic acids is 2. The van der Waals surface area contributed by atoms with E-state index >= 15 is 0 Å². The quantitative estimate of drug-likeness (QED) is 0.421. The van der Waals surface area contributed by atoms with Gasteiger partial charge in [0.1, 0.15) is 0 Å². The third kappa shape index (κ3) is 7.19. The molecule has 0 radical (unpaired) electrons. The Bertz CT molecular complexity index is 221. The van der Waals surface area contributed by atoms with E-state index in [9.17, 15) is 9.59 Å². The number of carbonyl (C=O) groups is 2. The molecule has 0 rings (SSSR count). The number of amides is 1. The number of hydrogen-bond donors (Lipinski definition) is 2. The van der Waals surface area contributed by atoms with Gasteiger partial charge in [-0.05, 0) is 0 Å². The lowest BCUT2D eigenvalue weighted by Crippen LogP contribution is -2.38. The van der Waals surface area contributed by atoms with Crippen LogP contribution < -0.4 is 10.6 Å². The van der Waals surface area contributed by atoms with Gasteiger partial charge in [0, 0.05) is 20.2 Å². The lowest BCUT2D eigenvalue weighted by atomic mass is 10.2. The molecule has 0 aromatic carbocycles. The van der Waals surface area contributed by atoms with Crippen LogP contribution in [0.4, 0.5) is 0 Å². The van der Waals surface area contributed by atoms with Crippen LogP contribution in [0.3, 0.4) is 0 Å². The average molecular weight is 232 g/mol. The van der Waals surface area contributed by atoms with Crippen molar-refractivity contribution in [3.8, 4) is 0 Å². The van der Waals surface area contributed by atoms with Crippen molar-refractivity contribution in [1.82, 2.24) is 10.6 Å². The van der Waals surface area contributed by atoms with Gasteiger partial charge in [0.25, 0.3) is 0 Å². The minimum Gasteiger partial charge on any atom is -0.469 e.